The molecular weight excluding hydrogens is 364 g/mol. The number of nitrogens with one attached hydrogen (secondary N) is 2. The van der Waals surface area contributed by atoms with Crippen LogP contribution in [0.1, 0.15) is 53.5 Å². The van der Waals surface area contributed by atoms with Gasteiger partial charge in [-0.2, -0.15) is 5.10 Å². The smallest absolute Gasteiger partial charge is 0.272 e. The maximum atomic E-state index is 12.7. The number of rotatable bonds is 7. The second-order valence-corrected chi connectivity index (χ2v) is 7.30. The lowest BCUT2D eigenvalue weighted by molar-refractivity contribution is -0.131. The molecule has 1 aromatic carbocycles. The van der Waals surface area contributed by atoms with Crippen LogP contribution in [0.25, 0.3) is 0 Å². The van der Waals surface area contributed by atoms with Gasteiger partial charge in [0.05, 0.1) is 6.42 Å². The van der Waals surface area contributed by atoms with Gasteiger partial charge >= 0.3 is 0 Å². The van der Waals surface area contributed by atoms with Crippen molar-refractivity contribution in [2.45, 2.75) is 45.6 Å². The van der Waals surface area contributed by atoms with Crippen molar-refractivity contribution in [2.75, 3.05) is 13.1 Å². The van der Waals surface area contributed by atoms with Crippen LogP contribution in [0.4, 0.5) is 0 Å². The number of fused-ring (bicyclic) bond motifs is 1. The van der Waals surface area contributed by atoms with Gasteiger partial charge in [0.15, 0.2) is 5.69 Å². The van der Waals surface area contributed by atoms with Crippen molar-refractivity contribution in [3.63, 3.8) is 0 Å². The van der Waals surface area contributed by atoms with E-state index in [2.05, 4.69) is 22.4 Å². The van der Waals surface area contributed by atoms with Crippen LogP contribution in [0.5, 0.6) is 0 Å². The maximum Gasteiger partial charge on any atom is 0.272 e. The summed E-state index contributed by atoms with van der Waals surface area (Å²) in [5.41, 5.74) is 3.07. The second-order valence-electron chi connectivity index (χ2n) is 6.86. The molecule has 0 fully saturated rings. The van der Waals surface area contributed by atoms with Crippen molar-refractivity contribution < 1.29 is 9.59 Å². The molecule has 0 aliphatic carbocycles. The molecule has 2 aromatic rings. The van der Waals surface area contributed by atoms with Crippen molar-refractivity contribution in [3.8, 4) is 0 Å². The first-order valence-electron chi connectivity index (χ1n) is 9.45. The summed E-state index contributed by atoms with van der Waals surface area (Å²) in [4.78, 5) is 26.9. The third-order valence-electron chi connectivity index (χ3n) is 4.81. The molecular formula is C20H25ClN4O2. The second kappa shape index (κ2) is 9.04. The summed E-state index contributed by atoms with van der Waals surface area (Å²) in [6, 6.07) is 7.34. The average molecular weight is 389 g/mol. The van der Waals surface area contributed by atoms with E-state index in [0.29, 0.717) is 43.2 Å². The number of carbonyl (C=O) groups excluding carboxylic acids is 2. The van der Waals surface area contributed by atoms with Gasteiger partial charge in [0.25, 0.3) is 5.91 Å². The van der Waals surface area contributed by atoms with Crippen LogP contribution >= 0.6 is 11.6 Å². The van der Waals surface area contributed by atoms with Gasteiger partial charge in [-0.25, -0.2) is 0 Å². The third-order valence-corrected chi connectivity index (χ3v) is 5.05. The molecule has 1 aliphatic heterocycles. The first kappa shape index (κ1) is 19.4. The Morgan fingerprint density at radius 1 is 1.33 bits per heavy atom. The van der Waals surface area contributed by atoms with Gasteiger partial charge < -0.3 is 10.2 Å². The Bertz CT molecular complexity index is 818. The fraction of sp³-hybridized carbons (Fsp3) is 0.450. The van der Waals surface area contributed by atoms with Crippen molar-refractivity contribution in [1.82, 2.24) is 20.4 Å². The molecule has 2 heterocycles. The molecule has 0 bridgehead atoms. The highest BCUT2D eigenvalue weighted by molar-refractivity contribution is 6.30. The molecule has 0 unspecified atom stereocenters. The fourth-order valence-corrected chi connectivity index (χ4v) is 3.50. The molecule has 2 amide bonds. The zero-order chi connectivity index (χ0) is 19.2. The van der Waals surface area contributed by atoms with Gasteiger partial charge in [-0.15, -0.1) is 0 Å². The highest BCUT2D eigenvalue weighted by Crippen LogP contribution is 2.21. The monoisotopic (exact) mass is 388 g/mol. The summed E-state index contributed by atoms with van der Waals surface area (Å²) in [7, 11) is 0. The van der Waals surface area contributed by atoms with Crippen LogP contribution in [0.3, 0.4) is 0 Å². The molecule has 0 spiro atoms. The van der Waals surface area contributed by atoms with Gasteiger partial charge in [-0.1, -0.05) is 43.5 Å². The van der Waals surface area contributed by atoms with Crippen LogP contribution in [0.2, 0.25) is 5.02 Å². The van der Waals surface area contributed by atoms with Gasteiger partial charge in [0, 0.05) is 42.3 Å². The Hall–Kier alpha value is -2.34. The zero-order valence-electron chi connectivity index (χ0n) is 15.6. The maximum absolute atomic E-state index is 12.7. The Kier molecular flexibility index (Phi) is 6.50. The lowest BCUT2D eigenvalue weighted by Crippen LogP contribution is -2.37. The molecule has 1 aliphatic rings. The van der Waals surface area contributed by atoms with E-state index < -0.39 is 0 Å². The van der Waals surface area contributed by atoms with E-state index in [-0.39, 0.29) is 11.8 Å². The minimum atomic E-state index is -0.173. The summed E-state index contributed by atoms with van der Waals surface area (Å²) in [5.74, 6) is -0.147. The van der Waals surface area contributed by atoms with E-state index in [0.717, 1.165) is 36.1 Å². The van der Waals surface area contributed by atoms with Crippen LogP contribution in [0.15, 0.2) is 24.3 Å². The summed E-state index contributed by atoms with van der Waals surface area (Å²) in [6.07, 6.45) is 4.13. The van der Waals surface area contributed by atoms with Crippen LogP contribution in [-0.2, 0) is 24.2 Å². The van der Waals surface area contributed by atoms with Crippen molar-refractivity contribution in [2.24, 2.45) is 0 Å². The Labute approximate surface area is 164 Å². The van der Waals surface area contributed by atoms with Crippen molar-refractivity contribution >= 4 is 23.4 Å². The van der Waals surface area contributed by atoms with Gasteiger partial charge in [0.1, 0.15) is 0 Å². The SMILES string of the molecule is CCCCCNC(=O)c1n[nH]c2c1CN(C(=O)Cc1cccc(Cl)c1)CC2. The number of hydrogen-bond donors (Lipinski definition) is 2. The normalized spacial score (nSPS) is 13.3. The highest BCUT2D eigenvalue weighted by atomic mass is 35.5. The van der Waals surface area contributed by atoms with Crippen molar-refractivity contribution in [1.29, 1.82) is 0 Å². The number of carbonyl (C=O) groups is 2. The summed E-state index contributed by atoms with van der Waals surface area (Å²) in [5, 5.41) is 10.7. The molecule has 0 saturated heterocycles. The number of aromatic amines is 1. The van der Waals surface area contributed by atoms with E-state index in [1.54, 1.807) is 11.0 Å². The molecule has 2 N–H and O–H groups in total. The molecule has 27 heavy (non-hydrogen) atoms. The van der Waals surface area contributed by atoms with E-state index in [9.17, 15) is 9.59 Å². The fourth-order valence-electron chi connectivity index (χ4n) is 3.29. The Balaban J connectivity index is 1.64. The minimum Gasteiger partial charge on any atom is -0.351 e. The number of hydrogen-bond acceptors (Lipinski definition) is 3. The van der Waals surface area contributed by atoms with Gasteiger partial charge in [0.2, 0.25) is 5.91 Å². The molecule has 144 valence electrons. The first-order chi connectivity index (χ1) is 13.1. The molecule has 7 heteroatoms. The zero-order valence-corrected chi connectivity index (χ0v) is 16.3. The number of aromatic nitrogens is 2. The van der Waals surface area contributed by atoms with E-state index in [4.69, 9.17) is 11.6 Å². The predicted molar refractivity (Wildman–Crippen MR) is 105 cm³/mol. The molecule has 0 atom stereocenters. The summed E-state index contributed by atoms with van der Waals surface area (Å²) >= 11 is 6.00. The topological polar surface area (TPSA) is 78.1 Å². The number of H-pyrrole nitrogens is 1. The minimum absolute atomic E-state index is 0.0263. The van der Waals surface area contributed by atoms with E-state index in [1.165, 1.54) is 0 Å². The Morgan fingerprint density at radius 3 is 2.96 bits per heavy atom. The molecule has 3 rings (SSSR count). The first-order valence-corrected chi connectivity index (χ1v) is 9.82. The Morgan fingerprint density at radius 2 is 2.19 bits per heavy atom. The summed E-state index contributed by atoms with van der Waals surface area (Å²) < 4.78 is 0. The largest absolute Gasteiger partial charge is 0.351 e. The molecule has 0 saturated carbocycles. The lowest BCUT2D eigenvalue weighted by Gasteiger charge is -2.27. The molecule has 0 radical (unpaired) electrons. The van der Waals surface area contributed by atoms with Crippen molar-refractivity contribution in [3.05, 3.63) is 51.8 Å². The van der Waals surface area contributed by atoms with Gasteiger partial charge in [-0.05, 0) is 24.1 Å². The predicted octanol–water partition coefficient (Wildman–Crippen LogP) is 3.11. The standard InChI is InChI=1S/C20H25ClN4O2/c1-2-3-4-9-22-20(27)19-16-13-25(10-8-17(16)23-24-19)18(26)12-14-6-5-7-15(21)11-14/h5-7,11H,2-4,8-10,12-13H2,1H3,(H,22,27)(H,23,24). The number of benzene rings is 1. The van der Waals surface area contributed by atoms with Gasteiger partial charge in [-0.3, -0.25) is 14.7 Å². The lowest BCUT2D eigenvalue weighted by atomic mass is 10.0. The van der Waals surface area contributed by atoms with E-state index >= 15 is 0 Å². The number of amides is 2. The third kappa shape index (κ3) is 4.89. The number of halogens is 1. The molecule has 6 nitrogen and oxygen atoms in total. The molecule has 1 aromatic heterocycles. The van der Waals surface area contributed by atoms with E-state index in [1.807, 2.05) is 18.2 Å². The van der Waals surface area contributed by atoms with Crippen LogP contribution in [-0.4, -0.2) is 40.0 Å². The number of unbranched alkanes of at least 4 members (excludes halogenated alkanes) is 2. The highest BCUT2D eigenvalue weighted by Gasteiger charge is 2.27. The quantitative estimate of drug-likeness (QED) is 0.715. The number of nitrogens with zero attached hydrogens (tertiary/aromatic N) is 2. The average Bonchev–Trinajstić information content (AvgIpc) is 3.08. The van der Waals surface area contributed by atoms with Crippen LogP contribution in [0, 0.1) is 0 Å². The summed E-state index contributed by atoms with van der Waals surface area (Å²) in [6.45, 7) is 3.79. The van der Waals surface area contributed by atoms with Crippen LogP contribution < -0.4 is 5.32 Å².